The van der Waals surface area contributed by atoms with Gasteiger partial charge in [0.2, 0.25) is 0 Å². The third-order valence-corrected chi connectivity index (χ3v) is 12.0. The first-order valence-corrected chi connectivity index (χ1v) is 19.9. The Morgan fingerprint density at radius 2 is 1.60 bits per heavy atom. The van der Waals surface area contributed by atoms with Gasteiger partial charge >= 0.3 is 28.3 Å². The van der Waals surface area contributed by atoms with E-state index in [0.29, 0.717) is 50.5 Å². The number of carbonyl (C=O) groups is 3. The van der Waals surface area contributed by atoms with Crippen molar-refractivity contribution in [1.82, 2.24) is 0 Å². The summed E-state index contributed by atoms with van der Waals surface area (Å²) in [5.74, 6) is -2.05. The van der Waals surface area contributed by atoms with Crippen molar-refractivity contribution in [3.05, 3.63) is 93.8 Å². The zero-order valence-corrected chi connectivity index (χ0v) is 34.0. The lowest BCUT2D eigenvalue weighted by atomic mass is 10.0. The van der Waals surface area contributed by atoms with Crippen LogP contribution >= 0.6 is 27.3 Å². The number of piperidine rings is 1. The molecule has 0 spiro atoms. The number of ether oxygens (including phenoxy) is 2. The number of aromatic hydroxyl groups is 1. The summed E-state index contributed by atoms with van der Waals surface area (Å²) < 4.78 is 76.0. The normalized spacial score (nSPS) is 17.0. The fourth-order valence-corrected chi connectivity index (χ4v) is 8.97. The van der Waals surface area contributed by atoms with Gasteiger partial charge in [-0.3, -0.25) is 4.79 Å². The molecule has 1 fully saturated rings. The van der Waals surface area contributed by atoms with Gasteiger partial charge in [-0.05, 0) is 88.2 Å². The molecule has 5 N–H and O–H groups in total. The molecule has 1 aliphatic heterocycles. The Labute approximate surface area is 338 Å². The number of likely N-dealkylation sites (tertiary alicyclic amines) is 1. The number of carboxylic acids is 1. The Bertz CT molecular complexity index is 2220. The second-order valence-electron chi connectivity index (χ2n) is 13.0. The van der Waals surface area contributed by atoms with Crippen molar-refractivity contribution in [3.8, 4) is 23.0 Å². The molecule has 2 atom stereocenters. The van der Waals surface area contributed by atoms with E-state index in [2.05, 4.69) is 28.3 Å². The number of urea groups is 1. The van der Waals surface area contributed by atoms with Crippen LogP contribution < -0.4 is 24.7 Å². The van der Waals surface area contributed by atoms with Crippen LogP contribution in [0.2, 0.25) is 0 Å². The highest BCUT2D eigenvalue weighted by atomic mass is 79.9. The first-order valence-electron chi connectivity index (χ1n) is 16.9. The molecule has 20 heteroatoms. The number of hydrogen-bond acceptors (Lipinski definition) is 10. The van der Waals surface area contributed by atoms with Crippen molar-refractivity contribution in [2.75, 3.05) is 39.7 Å². The predicted molar refractivity (Wildman–Crippen MR) is 207 cm³/mol. The van der Waals surface area contributed by atoms with Crippen molar-refractivity contribution in [2.45, 2.75) is 42.2 Å². The van der Waals surface area contributed by atoms with Crippen LogP contribution in [0.3, 0.4) is 0 Å². The Morgan fingerprint density at radius 1 is 0.982 bits per heavy atom. The van der Waals surface area contributed by atoms with Crippen molar-refractivity contribution >= 4 is 66.7 Å². The van der Waals surface area contributed by atoms with Gasteiger partial charge in [0, 0.05) is 24.8 Å². The topological polar surface area (TPSA) is 195 Å². The van der Waals surface area contributed by atoms with Gasteiger partial charge in [-0.25, -0.2) is 10.1 Å². The van der Waals surface area contributed by atoms with Crippen molar-refractivity contribution < 1.29 is 68.9 Å². The summed E-state index contributed by atoms with van der Waals surface area (Å²) >= 11 is 4.29. The maximum Gasteiger partial charge on any atom is 0.496 e. The molecule has 0 saturated carbocycles. The highest BCUT2D eigenvalue weighted by Gasteiger charge is 2.40. The van der Waals surface area contributed by atoms with E-state index in [1.807, 2.05) is 18.2 Å². The van der Waals surface area contributed by atoms with Gasteiger partial charge < -0.3 is 34.1 Å². The molecule has 4 aromatic rings. The van der Waals surface area contributed by atoms with E-state index in [-0.39, 0.29) is 22.1 Å². The van der Waals surface area contributed by atoms with Gasteiger partial charge in [0.25, 0.3) is 5.91 Å². The SMILES string of the molecule is COc1ccc(C[N+]2(C)CCC/C(=[N+](\C(=O)Nc3ccc(OS(=O)(=O)c4ccc(Br)s4)cc3)[C@@H](Cc3ccc(O)cc3)C(N)=O)C2)cc1OC.O=C(O)C(F)(F)F. The second kappa shape index (κ2) is 18.8. The Kier molecular flexibility index (Phi) is 14.7. The van der Waals surface area contributed by atoms with E-state index in [1.165, 1.54) is 47.0 Å². The maximum atomic E-state index is 14.2. The highest BCUT2D eigenvalue weighted by molar-refractivity contribution is 9.11. The molecule has 1 aliphatic rings. The van der Waals surface area contributed by atoms with Crippen molar-refractivity contribution in [2.24, 2.45) is 5.73 Å². The number of nitrogens with one attached hydrogen (secondary N) is 1. The summed E-state index contributed by atoms with van der Waals surface area (Å²) in [4.78, 5) is 36.2. The second-order valence-corrected chi connectivity index (χ2v) is 17.3. The quantitative estimate of drug-likeness (QED) is 0.0727. The summed E-state index contributed by atoms with van der Waals surface area (Å²) in [5.41, 5.74) is 8.84. The molecule has 1 unspecified atom stereocenters. The number of aliphatic carboxylic acids is 1. The van der Waals surface area contributed by atoms with Crippen LogP contribution in [0.25, 0.3) is 0 Å². The van der Waals surface area contributed by atoms with E-state index >= 15 is 0 Å². The molecule has 1 aromatic heterocycles. The molecule has 0 aliphatic carbocycles. The zero-order valence-electron chi connectivity index (χ0n) is 30.8. The van der Waals surface area contributed by atoms with Gasteiger partial charge in [0.1, 0.15) is 36.0 Å². The number of halogens is 4. The summed E-state index contributed by atoms with van der Waals surface area (Å²) in [6, 6.07) is 19.6. The summed E-state index contributed by atoms with van der Waals surface area (Å²) in [6.07, 6.45) is -3.64. The average Bonchev–Trinajstić information content (AvgIpc) is 3.60. The lowest BCUT2D eigenvalue weighted by molar-refractivity contribution is -0.918. The van der Waals surface area contributed by atoms with Crippen LogP contribution in [0.4, 0.5) is 23.7 Å². The number of primary amides is 1. The molecule has 2 heterocycles. The van der Waals surface area contributed by atoms with E-state index < -0.39 is 40.2 Å². The number of anilines is 1. The third-order valence-electron chi connectivity index (χ3n) is 8.65. The van der Waals surface area contributed by atoms with Crippen LogP contribution in [0, 0.1) is 0 Å². The minimum atomic E-state index is -5.08. The monoisotopic (exact) mass is 900 g/mol. The summed E-state index contributed by atoms with van der Waals surface area (Å²) in [7, 11) is 1.24. The molecular weight excluding hydrogens is 861 g/mol. The molecular formula is C37H40BrF3N4O10S2+2. The lowest BCUT2D eigenvalue weighted by Crippen LogP contribution is -2.56. The number of thiophene rings is 1. The number of phenols is 1. The number of carbonyl (C=O) groups excluding carboxylic acids is 2. The van der Waals surface area contributed by atoms with Gasteiger partial charge in [0.05, 0.1) is 31.6 Å². The maximum absolute atomic E-state index is 14.2. The molecule has 0 bridgehead atoms. The minimum Gasteiger partial charge on any atom is -0.508 e. The molecule has 3 amide bonds. The van der Waals surface area contributed by atoms with Gasteiger partial charge in [-0.15, -0.1) is 11.3 Å². The fourth-order valence-electron chi connectivity index (χ4n) is 6.07. The summed E-state index contributed by atoms with van der Waals surface area (Å²) in [6.45, 7) is 1.93. The van der Waals surface area contributed by atoms with E-state index in [1.54, 1.807) is 32.4 Å². The largest absolute Gasteiger partial charge is 0.508 e. The number of benzene rings is 3. The van der Waals surface area contributed by atoms with Gasteiger partial charge in [-0.2, -0.15) is 31.0 Å². The predicted octanol–water partition coefficient (Wildman–Crippen LogP) is 6.16. The molecule has 1 saturated heterocycles. The lowest BCUT2D eigenvalue weighted by Gasteiger charge is -2.38. The number of methoxy groups -OCH3 is 2. The van der Waals surface area contributed by atoms with Gasteiger partial charge in [0.15, 0.2) is 21.8 Å². The van der Waals surface area contributed by atoms with E-state index in [9.17, 15) is 36.3 Å². The minimum absolute atomic E-state index is 0.0459. The van der Waals surface area contributed by atoms with Crippen LogP contribution in [0.5, 0.6) is 23.0 Å². The number of rotatable bonds is 12. The number of alkyl halides is 3. The molecule has 0 radical (unpaired) electrons. The standard InChI is InChI=1S/C35H37BrN4O8S2.C2HF3O2/c1-40(21-24-8-15-30(46-2)31(20-24)47-3)18-4-5-26(22-40)39(29(34(37)42)19-23-6-11-27(41)12-7-23)35(43)38-25-9-13-28(14-10-25)48-50(44,45)33-17-16-32(36)49-33;3-2(4,5)1(6)7/h6-17,20,29H,4-5,18-19,21-22H2,1-3H3,(H2-2,37,38,41,42,43);(H,6,7)/p+2/b39-26+;/t29-,40?;/m0./s1. The first kappa shape index (κ1) is 44.5. The third kappa shape index (κ3) is 12.4. The Morgan fingerprint density at radius 3 is 2.14 bits per heavy atom. The van der Waals surface area contributed by atoms with Crippen molar-refractivity contribution in [1.29, 1.82) is 0 Å². The van der Waals surface area contributed by atoms with Crippen molar-refractivity contribution in [3.63, 3.8) is 0 Å². The van der Waals surface area contributed by atoms with Gasteiger partial charge in [-0.1, -0.05) is 12.1 Å². The number of amides is 3. The molecule has 14 nitrogen and oxygen atoms in total. The van der Waals surface area contributed by atoms with Crippen LogP contribution in [0.15, 0.2) is 86.9 Å². The molecule has 306 valence electrons. The first-order chi connectivity index (χ1) is 26.7. The Balaban J connectivity index is 0.000000940. The number of phenolic OH excluding ortho intramolecular Hbond substituents is 1. The molecule has 5 rings (SSSR count). The van der Waals surface area contributed by atoms with Crippen LogP contribution in [0.1, 0.15) is 24.0 Å². The average molecular weight is 902 g/mol. The highest BCUT2D eigenvalue weighted by Crippen LogP contribution is 2.31. The molecule has 57 heavy (non-hydrogen) atoms. The number of quaternary nitrogens is 1. The van der Waals surface area contributed by atoms with Crippen LogP contribution in [-0.2, 0) is 32.7 Å². The number of carboxylic acid groups (broad SMARTS) is 1. The smallest absolute Gasteiger partial charge is 0.496 e. The van der Waals surface area contributed by atoms with Crippen LogP contribution in [-0.4, -0.2) is 97.9 Å². The number of nitrogens with two attached hydrogens (primary N) is 1. The fraction of sp³-hybridized carbons (Fsp3) is 0.297. The molecule has 3 aromatic carbocycles. The summed E-state index contributed by atoms with van der Waals surface area (Å²) in [5, 5.41) is 19.8. The Hall–Kier alpha value is -5.18. The number of hydrogen-bond donors (Lipinski definition) is 4. The number of nitrogens with zero attached hydrogens (tertiary/aromatic N) is 2. The zero-order chi connectivity index (χ0) is 42.1. The van der Waals surface area contributed by atoms with E-state index in [4.69, 9.17) is 29.3 Å². The van der Waals surface area contributed by atoms with E-state index in [0.717, 1.165) is 35.6 Å².